The fourth-order valence-corrected chi connectivity index (χ4v) is 4.32. The van der Waals surface area contributed by atoms with Crippen molar-refractivity contribution in [3.05, 3.63) is 60.7 Å². The van der Waals surface area contributed by atoms with E-state index in [-0.39, 0.29) is 22.4 Å². The van der Waals surface area contributed by atoms with Crippen molar-refractivity contribution in [3.8, 4) is 17.2 Å². The third-order valence-electron chi connectivity index (χ3n) is 5.33. The predicted octanol–water partition coefficient (Wildman–Crippen LogP) is 4.36. The molecule has 1 saturated heterocycles. The SMILES string of the molecule is CS(=O)(=O)c1ccc(-n2cc(OC3CCN(c4ccc(OC(F)(F)F)cc4)CC3)cn2)c(F)c1. The molecule has 7 nitrogen and oxygen atoms in total. The van der Waals surface area contributed by atoms with Crippen LogP contribution in [0.25, 0.3) is 5.69 Å². The van der Waals surface area contributed by atoms with Crippen LogP contribution in [0.5, 0.6) is 11.5 Å². The van der Waals surface area contributed by atoms with Gasteiger partial charge in [-0.25, -0.2) is 17.5 Å². The van der Waals surface area contributed by atoms with Crippen LogP contribution in [-0.2, 0) is 9.84 Å². The van der Waals surface area contributed by atoms with Gasteiger partial charge < -0.3 is 14.4 Å². The van der Waals surface area contributed by atoms with Crippen LogP contribution in [0.2, 0.25) is 0 Å². The van der Waals surface area contributed by atoms with Crippen LogP contribution in [0, 0.1) is 5.82 Å². The largest absolute Gasteiger partial charge is 0.573 e. The molecular formula is C22H21F4N3O4S. The van der Waals surface area contributed by atoms with Gasteiger partial charge in [-0.15, -0.1) is 13.2 Å². The highest BCUT2D eigenvalue weighted by Crippen LogP contribution is 2.28. The second-order valence-electron chi connectivity index (χ2n) is 7.85. The molecule has 0 radical (unpaired) electrons. The van der Waals surface area contributed by atoms with Crippen molar-refractivity contribution >= 4 is 15.5 Å². The Morgan fingerprint density at radius 2 is 1.71 bits per heavy atom. The minimum atomic E-state index is -4.73. The molecule has 0 spiro atoms. The summed E-state index contributed by atoms with van der Waals surface area (Å²) in [6.45, 7) is 1.28. The molecule has 12 heteroatoms. The molecule has 2 heterocycles. The predicted molar refractivity (Wildman–Crippen MR) is 116 cm³/mol. The number of ether oxygens (including phenoxy) is 2. The van der Waals surface area contributed by atoms with E-state index in [1.54, 1.807) is 12.1 Å². The molecule has 0 unspecified atom stereocenters. The van der Waals surface area contributed by atoms with Crippen molar-refractivity contribution in [2.45, 2.75) is 30.2 Å². The number of aromatic nitrogens is 2. The molecule has 0 atom stereocenters. The summed E-state index contributed by atoms with van der Waals surface area (Å²) in [7, 11) is -3.52. The summed E-state index contributed by atoms with van der Waals surface area (Å²) in [5.41, 5.74) is 0.879. The van der Waals surface area contributed by atoms with Crippen molar-refractivity contribution in [1.29, 1.82) is 0 Å². The zero-order chi connectivity index (χ0) is 24.5. The molecule has 1 aliphatic rings. The van der Waals surface area contributed by atoms with Crippen molar-refractivity contribution < 1.29 is 35.5 Å². The Balaban J connectivity index is 1.34. The smallest absolute Gasteiger partial charge is 0.487 e. The molecule has 3 aromatic rings. The van der Waals surface area contributed by atoms with Crippen molar-refractivity contribution in [2.75, 3.05) is 24.2 Å². The molecule has 34 heavy (non-hydrogen) atoms. The average Bonchev–Trinajstić information content (AvgIpc) is 3.21. The van der Waals surface area contributed by atoms with Gasteiger partial charge in [0.1, 0.15) is 23.4 Å². The van der Waals surface area contributed by atoms with E-state index in [1.807, 2.05) is 4.90 Å². The van der Waals surface area contributed by atoms with Gasteiger partial charge in [0.2, 0.25) is 0 Å². The van der Waals surface area contributed by atoms with Crippen LogP contribution < -0.4 is 14.4 Å². The van der Waals surface area contributed by atoms with Gasteiger partial charge >= 0.3 is 6.36 Å². The standard InChI is InChI=1S/C22H21F4N3O4S/c1-34(30,31)19-6-7-21(20(23)12-19)29-14-18(13-27-29)32-16-8-10-28(11-9-16)15-2-4-17(5-3-15)33-22(24,25)26/h2-7,12-14,16H,8-11H2,1H3. The summed E-state index contributed by atoms with van der Waals surface area (Å²) < 4.78 is 85.6. The lowest BCUT2D eigenvalue weighted by molar-refractivity contribution is -0.274. The molecule has 1 aromatic heterocycles. The molecule has 0 amide bonds. The molecule has 0 aliphatic carbocycles. The minimum absolute atomic E-state index is 0.0926. The summed E-state index contributed by atoms with van der Waals surface area (Å²) in [6.07, 6.45) is 0.479. The number of hydrogen-bond acceptors (Lipinski definition) is 6. The van der Waals surface area contributed by atoms with Gasteiger partial charge in [-0.3, -0.25) is 0 Å². The van der Waals surface area contributed by atoms with Gasteiger partial charge in [-0.1, -0.05) is 0 Å². The number of hydrogen-bond donors (Lipinski definition) is 0. The van der Waals surface area contributed by atoms with Gasteiger partial charge in [0.05, 0.1) is 17.3 Å². The first-order chi connectivity index (χ1) is 16.0. The van der Waals surface area contributed by atoms with Gasteiger partial charge in [-0.2, -0.15) is 5.10 Å². The second-order valence-corrected chi connectivity index (χ2v) is 9.87. The molecule has 2 aromatic carbocycles. The second kappa shape index (κ2) is 9.16. The number of rotatable bonds is 6. The van der Waals surface area contributed by atoms with Crippen molar-refractivity contribution in [3.63, 3.8) is 0 Å². The monoisotopic (exact) mass is 499 g/mol. The van der Waals surface area contributed by atoms with E-state index in [9.17, 15) is 26.0 Å². The Morgan fingerprint density at radius 3 is 2.29 bits per heavy atom. The van der Waals surface area contributed by atoms with Gasteiger partial charge in [0.25, 0.3) is 0 Å². The number of sulfone groups is 1. The van der Waals surface area contributed by atoms with Crippen LogP contribution in [0.3, 0.4) is 0 Å². The molecular weight excluding hydrogens is 478 g/mol. The maximum absolute atomic E-state index is 14.4. The lowest BCUT2D eigenvalue weighted by Gasteiger charge is -2.33. The van der Waals surface area contributed by atoms with E-state index in [0.717, 1.165) is 18.0 Å². The average molecular weight is 499 g/mol. The zero-order valence-electron chi connectivity index (χ0n) is 18.0. The lowest BCUT2D eigenvalue weighted by atomic mass is 10.1. The van der Waals surface area contributed by atoms with E-state index >= 15 is 0 Å². The van der Waals surface area contributed by atoms with Crippen LogP contribution in [0.4, 0.5) is 23.2 Å². The van der Waals surface area contributed by atoms with E-state index in [2.05, 4.69) is 9.84 Å². The van der Waals surface area contributed by atoms with Gasteiger partial charge in [0.15, 0.2) is 15.6 Å². The summed E-state index contributed by atoms with van der Waals surface area (Å²) >= 11 is 0. The van der Waals surface area contributed by atoms with Crippen molar-refractivity contribution in [2.24, 2.45) is 0 Å². The first kappa shape index (κ1) is 23.9. The summed E-state index contributed by atoms with van der Waals surface area (Å²) in [4.78, 5) is 1.92. The molecule has 4 rings (SSSR count). The number of benzene rings is 2. The Kier molecular flexibility index (Phi) is 6.43. The highest BCUT2D eigenvalue weighted by atomic mass is 32.2. The Morgan fingerprint density at radius 1 is 1.03 bits per heavy atom. The normalized spacial score (nSPS) is 15.4. The first-order valence-corrected chi connectivity index (χ1v) is 12.2. The summed E-state index contributed by atoms with van der Waals surface area (Å²) in [5, 5.41) is 4.10. The number of anilines is 1. The lowest BCUT2D eigenvalue weighted by Crippen LogP contribution is -2.38. The third kappa shape index (κ3) is 5.79. The van der Waals surface area contributed by atoms with Gasteiger partial charge in [-0.05, 0) is 42.5 Å². The van der Waals surface area contributed by atoms with Crippen LogP contribution in [0.1, 0.15) is 12.8 Å². The van der Waals surface area contributed by atoms with Gasteiger partial charge in [0, 0.05) is 37.9 Å². The topological polar surface area (TPSA) is 73.7 Å². The molecule has 182 valence electrons. The maximum atomic E-state index is 14.4. The Hall–Kier alpha value is -3.28. The Labute approximate surface area is 193 Å². The molecule has 0 bridgehead atoms. The van der Waals surface area contributed by atoms with E-state index in [0.29, 0.717) is 31.7 Å². The fourth-order valence-electron chi connectivity index (χ4n) is 3.69. The molecule has 0 N–H and O–H groups in total. The third-order valence-corrected chi connectivity index (χ3v) is 6.44. The van der Waals surface area contributed by atoms with Crippen LogP contribution in [0.15, 0.2) is 59.8 Å². The quantitative estimate of drug-likeness (QED) is 0.470. The number of nitrogens with zero attached hydrogens (tertiary/aromatic N) is 3. The molecule has 0 saturated carbocycles. The summed E-state index contributed by atoms with van der Waals surface area (Å²) in [5.74, 6) is -0.551. The van der Waals surface area contributed by atoms with E-state index in [1.165, 1.54) is 41.3 Å². The highest BCUT2D eigenvalue weighted by Gasteiger charge is 2.31. The number of alkyl halides is 3. The van der Waals surface area contributed by atoms with Crippen molar-refractivity contribution in [1.82, 2.24) is 9.78 Å². The molecule has 1 aliphatic heterocycles. The van der Waals surface area contributed by atoms with E-state index < -0.39 is 22.0 Å². The summed E-state index contributed by atoms with van der Waals surface area (Å²) in [6, 6.07) is 9.32. The first-order valence-electron chi connectivity index (χ1n) is 10.3. The van der Waals surface area contributed by atoms with E-state index in [4.69, 9.17) is 4.74 Å². The molecule has 1 fully saturated rings. The maximum Gasteiger partial charge on any atom is 0.573 e. The van der Waals surface area contributed by atoms with Crippen LogP contribution in [-0.4, -0.2) is 50.0 Å². The number of piperidine rings is 1. The highest BCUT2D eigenvalue weighted by molar-refractivity contribution is 7.90. The zero-order valence-corrected chi connectivity index (χ0v) is 18.8. The number of halogens is 4. The minimum Gasteiger partial charge on any atom is -0.487 e. The fraction of sp³-hybridized carbons (Fsp3) is 0.318. The Bertz CT molecular complexity index is 1250. The van der Waals surface area contributed by atoms with Crippen LogP contribution >= 0.6 is 0 Å².